The van der Waals surface area contributed by atoms with E-state index in [-0.39, 0.29) is 0 Å². The van der Waals surface area contributed by atoms with Crippen molar-refractivity contribution in [1.82, 2.24) is 0 Å². The van der Waals surface area contributed by atoms with Crippen LogP contribution in [0.25, 0.3) is 33.7 Å². The average Bonchev–Trinajstić information content (AvgIpc) is 3.53. The molecule has 0 atom stereocenters. The first-order valence-electron chi connectivity index (χ1n) is 27.2. The van der Waals surface area contributed by atoms with Crippen molar-refractivity contribution in [2.45, 2.75) is 11.2 Å². The second-order valence-electron chi connectivity index (χ2n) is 19.8. The quantitative estimate of drug-likeness (QED) is 0.153. The van der Waals surface area contributed by atoms with Gasteiger partial charge in [0.1, 0.15) is 37.9 Å². The van der Waals surface area contributed by atoms with Gasteiger partial charge in [-0.1, -0.05) is 146 Å². The van der Waals surface area contributed by atoms with Crippen LogP contribution < -0.4 is 39.1 Å². The highest BCUT2D eigenvalue weighted by Crippen LogP contribution is 2.47. The molecule has 0 aromatic heterocycles. The Morgan fingerprint density at radius 1 is 0.287 bits per heavy atom. The Balaban J connectivity index is 0.652. The van der Waals surface area contributed by atoms with Gasteiger partial charge in [-0.3, -0.25) is 0 Å². The van der Waals surface area contributed by atoms with Gasteiger partial charge in [0.25, 0.3) is 0 Å². The summed E-state index contributed by atoms with van der Waals surface area (Å²) in [4.78, 5) is 0. The zero-order valence-corrected chi connectivity index (χ0v) is 44.0. The summed E-state index contributed by atoms with van der Waals surface area (Å²) < 4.78 is 51.0. The number of ether oxygens (including phenoxy) is 8. The lowest BCUT2D eigenvalue weighted by molar-refractivity contribution is 0.0640. The van der Waals surface area contributed by atoms with Crippen molar-refractivity contribution in [3.63, 3.8) is 0 Å². The molecular weight excluding hydrogens is 997 g/mol. The minimum atomic E-state index is -0.741. The summed E-state index contributed by atoms with van der Waals surface area (Å²) >= 11 is 0. The number of nitrogens with one attached hydrogen (secondary N) is 2. The molecular formula is C70H58N2O8. The zero-order valence-electron chi connectivity index (χ0n) is 44.0. The molecule has 396 valence electrons. The molecule has 0 saturated carbocycles. The SMILES string of the molecule is C1=CC(c2ccccc2)(c2ccccc2)Oc2ccc3cc(Nc4ccc5c(c4)OCCOCCOc4cc(Nc6ccc7c8c(ccc7c6)OC(c6ccccc6)(c6ccccc6)C=C8)ccc4OCCOCCO5)ccc3c21. The van der Waals surface area contributed by atoms with Crippen LogP contribution >= 0.6 is 0 Å². The van der Waals surface area contributed by atoms with Crippen LogP contribution in [0.3, 0.4) is 0 Å². The van der Waals surface area contributed by atoms with Crippen molar-refractivity contribution in [3.8, 4) is 34.5 Å². The molecule has 0 aliphatic carbocycles. The average molecular weight is 1060 g/mol. The molecule has 10 aromatic carbocycles. The summed E-state index contributed by atoms with van der Waals surface area (Å²) in [5.74, 6) is 4.08. The Bertz CT molecular complexity index is 3540. The number of hydrogen-bond donors (Lipinski definition) is 2. The minimum Gasteiger partial charge on any atom is -0.487 e. The summed E-state index contributed by atoms with van der Waals surface area (Å²) in [5.41, 5.74) is 8.46. The lowest BCUT2D eigenvalue weighted by atomic mass is 9.83. The van der Waals surface area contributed by atoms with Crippen LogP contribution in [-0.4, -0.2) is 52.9 Å². The van der Waals surface area contributed by atoms with Gasteiger partial charge in [0.15, 0.2) is 34.2 Å². The molecule has 0 unspecified atom stereocenters. The fourth-order valence-electron chi connectivity index (χ4n) is 10.9. The number of fused-ring (bicyclic) bond motifs is 8. The van der Waals surface area contributed by atoms with E-state index in [1.54, 1.807) is 0 Å². The van der Waals surface area contributed by atoms with E-state index in [4.69, 9.17) is 37.9 Å². The van der Waals surface area contributed by atoms with Gasteiger partial charge >= 0.3 is 0 Å². The molecule has 0 radical (unpaired) electrons. The number of rotatable bonds is 8. The third-order valence-corrected chi connectivity index (χ3v) is 14.8. The molecule has 3 aliphatic rings. The summed E-state index contributed by atoms with van der Waals surface area (Å²) in [6.07, 6.45) is 8.74. The molecule has 0 fully saturated rings. The molecule has 10 aromatic rings. The largest absolute Gasteiger partial charge is 0.487 e. The van der Waals surface area contributed by atoms with Crippen LogP contribution in [-0.2, 0) is 20.7 Å². The first-order chi connectivity index (χ1) is 39.6. The number of benzene rings is 10. The van der Waals surface area contributed by atoms with Crippen LogP contribution in [0.2, 0.25) is 0 Å². The molecule has 80 heavy (non-hydrogen) atoms. The lowest BCUT2D eigenvalue weighted by Crippen LogP contribution is -2.34. The second-order valence-corrected chi connectivity index (χ2v) is 19.8. The molecule has 2 N–H and O–H groups in total. The van der Waals surface area contributed by atoms with Crippen molar-refractivity contribution >= 4 is 56.4 Å². The van der Waals surface area contributed by atoms with Crippen LogP contribution in [0.15, 0.2) is 231 Å². The number of hydrogen-bond acceptors (Lipinski definition) is 10. The highest BCUT2D eigenvalue weighted by molar-refractivity contribution is 5.97. The Morgan fingerprint density at radius 2 is 0.613 bits per heavy atom. The van der Waals surface area contributed by atoms with Crippen molar-refractivity contribution < 1.29 is 37.9 Å². The van der Waals surface area contributed by atoms with Crippen molar-refractivity contribution in [2.24, 2.45) is 0 Å². The van der Waals surface area contributed by atoms with Gasteiger partial charge in [-0.15, -0.1) is 0 Å². The second kappa shape index (κ2) is 22.5. The molecule has 10 nitrogen and oxygen atoms in total. The van der Waals surface area contributed by atoms with Crippen molar-refractivity contribution in [3.05, 3.63) is 264 Å². The summed E-state index contributed by atoms with van der Waals surface area (Å²) in [6, 6.07) is 74.4. The summed E-state index contributed by atoms with van der Waals surface area (Å²) in [6.45, 7) is 2.65. The third kappa shape index (κ3) is 10.3. The molecule has 0 amide bonds. The zero-order chi connectivity index (χ0) is 53.6. The van der Waals surface area contributed by atoms with Gasteiger partial charge in [-0.2, -0.15) is 0 Å². The molecule has 10 heteroatoms. The van der Waals surface area contributed by atoms with Crippen molar-refractivity contribution in [2.75, 3.05) is 63.5 Å². The monoisotopic (exact) mass is 1050 g/mol. The van der Waals surface area contributed by atoms with Gasteiger partial charge in [-0.25, -0.2) is 0 Å². The van der Waals surface area contributed by atoms with Crippen LogP contribution in [0, 0.1) is 0 Å². The maximum Gasteiger partial charge on any atom is 0.178 e. The van der Waals surface area contributed by atoms with Gasteiger partial charge in [-0.05, 0) is 107 Å². The van der Waals surface area contributed by atoms with Crippen LogP contribution in [0.4, 0.5) is 22.7 Å². The van der Waals surface area contributed by atoms with E-state index in [1.165, 1.54) is 0 Å². The maximum atomic E-state index is 6.97. The van der Waals surface area contributed by atoms with E-state index < -0.39 is 11.2 Å². The summed E-state index contributed by atoms with van der Waals surface area (Å²) in [7, 11) is 0. The fraction of sp³-hybridized carbons (Fsp3) is 0.143. The normalized spacial score (nSPS) is 15.7. The molecule has 0 saturated heterocycles. The molecule has 0 bridgehead atoms. The Morgan fingerprint density at radius 3 is 0.988 bits per heavy atom. The van der Waals surface area contributed by atoms with E-state index in [1.807, 2.05) is 60.7 Å². The highest BCUT2D eigenvalue weighted by atomic mass is 16.6. The third-order valence-electron chi connectivity index (χ3n) is 14.8. The van der Waals surface area contributed by atoms with Gasteiger partial charge < -0.3 is 48.5 Å². The van der Waals surface area contributed by atoms with E-state index >= 15 is 0 Å². The van der Waals surface area contributed by atoms with E-state index in [0.29, 0.717) is 75.9 Å². The van der Waals surface area contributed by atoms with Crippen molar-refractivity contribution in [1.29, 1.82) is 0 Å². The maximum absolute atomic E-state index is 6.97. The molecule has 13 rings (SSSR count). The minimum absolute atomic E-state index is 0.302. The van der Waals surface area contributed by atoms with E-state index in [2.05, 4.69) is 193 Å². The van der Waals surface area contributed by atoms with E-state index in [0.717, 1.165) is 89.2 Å². The van der Waals surface area contributed by atoms with Gasteiger partial charge in [0, 0.05) is 68.3 Å². The van der Waals surface area contributed by atoms with Gasteiger partial charge in [0.05, 0.1) is 26.4 Å². The predicted octanol–water partition coefficient (Wildman–Crippen LogP) is 15.4. The standard InChI is InChI=1S/C70H58N2O8/c1-5-13-51(14-6-1)69(52-15-7-2-8-16-52)35-33-61-59-27-23-55(45-49(59)21-29-63(61)79-69)71-57-25-31-65-67(47-57)77-43-39-74-40-44-78-68-48-58(26-32-66(68)76-42-38-73-37-41-75-65)72-56-24-28-60-50(46-56)22-30-64-62(60)34-36-70(80-64,53-17-9-3-10-18-53)54-19-11-4-12-20-54/h1-36,45-48,71-72H,37-44H2. The first-order valence-corrected chi connectivity index (χ1v) is 27.2. The predicted molar refractivity (Wildman–Crippen MR) is 318 cm³/mol. The highest BCUT2D eigenvalue weighted by Gasteiger charge is 2.38. The summed E-state index contributed by atoms with van der Waals surface area (Å²) in [5, 5.41) is 11.5. The van der Waals surface area contributed by atoms with E-state index in [9.17, 15) is 0 Å². The van der Waals surface area contributed by atoms with Crippen LogP contribution in [0.5, 0.6) is 34.5 Å². The van der Waals surface area contributed by atoms with Crippen LogP contribution in [0.1, 0.15) is 33.4 Å². The Kier molecular flexibility index (Phi) is 14.1. The smallest absolute Gasteiger partial charge is 0.178 e. The number of anilines is 4. The Labute approximate surface area is 465 Å². The topological polar surface area (TPSA) is 97.9 Å². The first kappa shape index (κ1) is 50.1. The lowest BCUT2D eigenvalue weighted by Gasteiger charge is -2.36. The molecule has 3 heterocycles. The van der Waals surface area contributed by atoms with Gasteiger partial charge in [0.2, 0.25) is 0 Å². The molecule has 0 spiro atoms. The fourth-order valence-corrected chi connectivity index (χ4v) is 10.9. The Hall–Kier alpha value is -9.48. The molecule has 3 aliphatic heterocycles.